The highest BCUT2D eigenvalue weighted by molar-refractivity contribution is 5.66. The van der Waals surface area contributed by atoms with Crippen LogP contribution in [0.4, 0.5) is 0 Å². The third-order valence-corrected chi connectivity index (χ3v) is 0.814. The van der Waals surface area contributed by atoms with Gasteiger partial charge in [-0.05, 0) is 13.3 Å². The normalized spacial score (nSPS) is 11.2. The molecule has 0 saturated heterocycles. The summed E-state index contributed by atoms with van der Waals surface area (Å²) in [5, 5.41) is 8.11. The highest BCUT2D eigenvalue weighted by Crippen LogP contribution is 1.91. The van der Waals surface area contributed by atoms with Gasteiger partial charge >= 0.3 is 5.97 Å². The van der Waals surface area contributed by atoms with Crippen molar-refractivity contribution < 1.29 is 9.90 Å². The van der Waals surface area contributed by atoms with Crippen molar-refractivity contribution in [3.05, 3.63) is 0 Å². The fraction of sp³-hybridized carbons (Fsp3) is 0.857. The van der Waals surface area contributed by atoms with Crippen LogP contribution in [0.5, 0.6) is 0 Å². The number of carbonyl (C=O) groups is 1. The lowest BCUT2D eigenvalue weighted by Crippen LogP contribution is -2.15. The molecule has 0 spiro atoms. The minimum atomic E-state index is -0.776. The van der Waals surface area contributed by atoms with Crippen LogP contribution in [0.1, 0.15) is 33.6 Å². The predicted molar refractivity (Wildman–Crippen MR) is 41.9 cm³/mol. The van der Waals surface area contributed by atoms with E-state index in [0.29, 0.717) is 6.42 Å². The summed E-state index contributed by atoms with van der Waals surface area (Å²) >= 11 is 0. The summed E-state index contributed by atoms with van der Waals surface area (Å²) in [5.41, 5.74) is 5.28. The molecule has 0 fully saturated rings. The largest absolute Gasteiger partial charge is 0.481 e. The van der Waals surface area contributed by atoms with Gasteiger partial charge in [-0.3, -0.25) is 4.79 Å². The van der Waals surface area contributed by atoms with Crippen molar-refractivity contribution in [2.24, 2.45) is 5.73 Å². The molecular formula is C7H17NO2. The van der Waals surface area contributed by atoms with Gasteiger partial charge in [0.15, 0.2) is 0 Å². The molecule has 0 radical (unpaired) electrons. The maximum absolute atomic E-state index is 9.85. The van der Waals surface area contributed by atoms with Crippen LogP contribution < -0.4 is 5.73 Å². The molecule has 1 unspecified atom stereocenters. The topological polar surface area (TPSA) is 63.3 Å². The van der Waals surface area contributed by atoms with Gasteiger partial charge in [-0.15, -0.1) is 0 Å². The highest BCUT2D eigenvalue weighted by atomic mass is 16.4. The molecule has 3 heteroatoms. The summed E-state index contributed by atoms with van der Waals surface area (Å²) in [7, 11) is 0. The van der Waals surface area contributed by atoms with Gasteiger partial charge in [0.25, 0.3) is 0 Å². The molecule has 62 valence electrons. The molecule has 0 rings (SSSR count). The van der Waals surface area contributed by atoms with Crippen molar-refractivity contribution in [1.29, 1.82) is 0 Å². The van der Waals surface area contributed by atoms with Crippen molar-refractivity contribution in [3.8, 4) is 0 Å². The van der Waals surface area contributed by atoms with Crippen molar-refractivity contribution in [3.63, 3.8) is 0 Å². The molecule has 0 amide bonds. The Morgan fingerprint density at radius 2 is 2.00 bits per heavy atom. The van der Waals surface area contributed by atoms with E-state index in [9.17, 15) is 4.79 Å². The minimum absolute atomic E-state index is 0.00565. The van der Waals surface area contributed by atoms with E-state index >= 15 is 0 Å². The van der Waals surface area contributed by atoms with Gasteiger partial charge < -0.3 is 10.8 Å². The molecule has 10 heavy (non-hydrogen) atoms. The van der Waals surface area contributed by atoms with Crippen LogP contribution in [0.2, 0.25) is 0 Å². The smallest absolute Gasteiger partial charge is 0.303 e. The van der Waals surface area contributed by atoms with Crippen LogP contribution in [0.15, 0.2) is 0 Å². The molecule has 0 heterocycles. The molecule has 0 bridgehead atoms. The van der Waals surface area contributed by atoms with Crippen LogP contribution >= 0.6 is 0 Å². The van der Waals surface area contributed by atoms with E-state index < -0.39 is 5.97 Å². The van der Waals surface area contributed by atoms with E-state index in [-0.39, 0.29) is 12.5 Å². The lowest BCUT2D eigenvalue weighted by molar-refractivity contribution is -0.137. The second-order valence-corrected chi connectivity index (χ2v) is 1.91. The van der Waals surface area contributed by atoms with Crippen molar-refractivity contribution in [2.75, 3.05) is 0 Å². The summed E-state index contributed by atoms with van der Waals surface area (Å²) in [6, 6.07) is 0.00565. The van der Waals surface area contributed by atoms with E-state index in [4.69, 9.17) is 10.8 Å². The molecule has 0 aromatic carbocycles. The van der Waals surface area contributed by atoms with Gasteiger partial charge in [0.1, 0.15) is 0 Å². The number of rotatable bonds is 3. The first-order chi connectivity index (χ1) is 4.63. The van der Waals surface area contributed by atoms with Crippen LogP contribution in [0, 0.1) is 0 Å². The van der Waals surface area contributed by atoms with E-state index in [2.05, 4.69) is 0 Å². The Labute approximate surface area is 62.2 Å². The fourth-order valence-corrected chi connectivity index (χ4v) is 0.351. The molecule has 3 nitrogen and oxygen atoms in total. The summed E-state index contributed by atoms with van der Waals surface area (Å²) in [5.74, 6) is -0.776. The number of hydrogen-bond donors (Lipinski definition) is 2. The predicted octanol–water partition coefficient (Wildman–Crippen LogP) is 1.22. The lowest BCUT2D eigenvalue weighted by atomic mass is 10.2. The first-order valence-corrected chi connectivity index (χ1v) is 3.60. The molecule has 0 aliphatic carbocycles. The Morgan fingerprint density at radius 1 is 1.60 bits per heavy atom. The molecule has 1 atom stereocenters. The van der Waals surface area contributed by atoms with Gasteiger partial charge in [0, 0.05) is 12.5 Å². The Hall–Kier alpha value is -0.570. The highest BCUT2D eigenvalue weighted by Gasteiger charge is 1.98. The van der Waals surface area contributed by atoms with Gasteiger partial charge in [-0.25, -0.2) is 0 Å². The van der Waals surface area contributed by atoms with Gasteiger partial charge in [-0.1, -0.05) is 13.8 Å². The molecule has 0 aromatic rings. The first-order valence-electron chi connectivity index (χ1n) is 3.60. The maximum Gasteiger partial charge on any atom is 0.303 e. The molecule has 0 saturated carbocycles. The number of carboxylic acid groups (broad SMARTS) is 1. The van der Waals surface area contributed by atoms with Crippen molar-refractivity contribution >= 4 is 5.97 Å². The average Bonchev–Trinajstić information content (AvgIpc) is 1.89. The molecule has 0 aromatic heterocycles. The zero-order chi connectivity index (χ0) is 8.57. The number of aliphatic carboxylic acids is 1. The summed E-state index contributed by atoms with van der Waals surface area (Å²) in [4.78, 5) is 9.85. The Morgan fingerprint density at radius 3 is 2.10 bits per heavy atom. The summed E-state index contributed by atoms with van der Waals surface area (Å²) in [6.45, 7) is 5.79. The van der Waals surface area contributed by atoms with Crippen molar-refractivity contribution in [2.45, 2.75) is 39.7 Å². The quantitative estimate of drug-likeness (QED) is 0.631. The van der Waals surface area contributed by atoms with Crippen LogP contribution in [-0.2, 0) is 4.79 Å². The van der Waals surface area contributed by atoms with E-state index in [1.807, 2.05) is 13.8 Å². The van der Waals surface area contributed by atoms with E-state index in [1.54, 1.807) is 6.92 Å². The van der Waals surface area contributed by atoms with Gasteiger partial charge in [-0.2, -0.15) is 0 Å². The lowest BCUT2D eigenvalue weighted by Gasteiger charge is -1.98. The van der Waals surface area contributed by atoms with Crippen LogP contribution in [0.3, 0.4) is 0 Å². The van der Waals surface area contributed by atoms with Crippen LogP contribution in [-0.4, -0.2) is 17.1 Å². The van der Waals surface area contributed by atoms with E-state index in [1.165, 1.54) is 0 Å². The average molecular weight is 147 g/mol. The van der Waals surface area contributed by atoms with Crippen LogP contribution in [0.25, 0.3) is 0 Å². The molecule has 3 N–H and O–H groups in total. The number of carboxylic acids is 1. The zero-order valence-corrected chi connectivity index (χ0v) is 6.92. The SMILES string of the molecule is CC.CC(N)CCC(=O)O. The Kier molecular flexibility index (Phi) is 10.2. The molecule has 0 aliphatic heterocycles. The second kappa shape index (κ2) is 8.43. The van der Waals surface area contributed by atoms with Crippen molar-refractivity contribution in [1.82, 2.24) is 0 Å². The summed E-state index contributed by atoms with van der Waals surface area (Å²) < 4.78 is 0. The third-order valence-electron chi connectivity index (χ3n) is 0.814. The Bertz CT molecular complexity index is 81.7. The zero-order valence-electron chi connectivity index (χ0n) is 6.92. The summed E-state index contributed by atoms with van der Waals surface area (Å²) in [6.07, 6.45) is 0.743. The number of nitrogens with two attached hydrogens (primary N) is 1. The first kappa shape index (κ1) is 12.1. The third kappa shape index (κ3) is 15.7. The fourth-order valence-electron chi connectivity index (χ4n) is 0.351. The molecular weight excluding hydrogens is 130 g/mol. The van der Waals surface area contributed by atoms with Gasteiger partial charge in [0.2, 0.25) is 0 Å². The standard InChI is InChI=1S/C5H11NO2.C2H6/c1-4(6)2-3-5(7)8;1-2/h4H,2-3,6H2,1H3,(H,7,8);1-2H3. The minimum Gasteiger partial charge on any atom is -0.481 e. The second-order valence-electron chi connectivity index (χ2n) is 1.91. The molecule has 0 aliphatic rings. The van der Waals surface area contributed by atoms with E-state index in [0.717, 1.165) is 0 Å². The maximum atomic E-state index is 9.85. The monoisotopic (exact) mass is 147 g/mol. The Balaban J connectivity index is 0. The van der Waals surface area contributed by atoms with Gasteiger partial charge in [0.05, 0.1) is 0 Å². The number of hydrogen-bond acceptors (Lipinski definition) is 2.